The topological polar surface area (TPSA) is 35.5 Å². The van der Waals surface area contributed by atoms with Crippen molar-refractivity contribution in [3.05, 3.63) is 90.5 Å². The van der Waals surface area contributed by atoms with E-state index in [-0.39, 0.29) is 0 Å². The molecule has 0 saturated heterocycles. The van der Waals surface area contributed by atoms with E-state index in [1.807, 2.05) is 73.7 Å². The second-order valence-electron chi connectivity index (χ2n) is 5.65. The molecule has 3 rings (SSSR count). The lowest BCUT2D eigenvalue weighted by atomic mass is 10.1. The summed E-state index contributed by atoms with van der Waals surface area (Å²) in [5, 5.41) is 0. The van der Waals surface area contributed by atoms with Crippen molar-refractivity contribution in [2.75, 3.05) is 6.61 Å². The first-order valence-electron chi connectivity index (χ1n) is 8.53. The van der Waals surface area contributed by atoms with Crippen LogP contribution < -0.4 is 9.47 Å². The smallest absolute Gasteiger partial charge is 0.336 e. The monoisotopic (exact) mass is 344 g/mol. The second-order valence-corrected chi connectivity index (χ2v) is 5.65. The molecule has 0 bridgehead atoms. The lowest BCUT2D eigenvalue weighted by molar-refractivity contribution is -0.128. The molecule has 0 amide bonds. The van der Waals surface area contributed by atoms with Gasteiger partial charge >= 0.3 is 5.97 Å². The predicted molar refractivity (Wildman–Crippen MR) is 104 cm³/mol. The van der Waals surface area contributed by atoms with Crippen LogP contribution >= 0.6 is 0 Å². The minimum atomic E-state index is -0.411. The second kappa shape index (κ2) is 8.67. The van der Waals surface area contributed by atoms with Gasteiger partial charge < -0.3 is 9.47 Å². The van der Waals surface area contributed by atoms with Gasteiger partial charge in [0.15, 0.2) is 0 Å². The third-order valence-corrected chi connectivity index (χ3v) is 3.78. The van der Waals surface area contributed by atoms with Gasteiger partial charge in [-0.1, -0.05) is 54.6 Å². The highest BCUT2D eigenvalue weighted by Gasteiger charge is 2.02. The number of carbonyl (C=O) groups is 1. The fourth-order valence-corrected chi connectivity index (χ4v) is 2.50. The van der Waals surface area contributed by atoms with Crippen molar-refractivity contribution in [3.63, 3.8) is 0 Å². The molecular weight excluding hydrogens is 324 g/mol. The Hall–Kier alpha value is -3.33. The summed E-state index contributed by atoms with van der Waals surface area (Å²) >= 11 is 0. The highest BCUT2D eigenvalue weighted by Crippen LogP contribution is 2.22. The molecule has 3 heteroatoms. The van der Waals surface area contributed by atoms with Crippen molar-refractivity contribution < 1.29 is 14.3 Å². The Kier molecular flexibility index (Phi) is 5.84. The standard InChI is InChI=1S/C23H20O3/c1-2-25-21-13-8-18(9-14-21)10-17-23(24)26-22-15-11-20(12-16-22)19-6-4-3-5-7-19/h3-17H,2H2,1H3. The number of hydrogen-bond acceptors (Lipinski definition) is 3. The molecule has 0 spiro atoms. The van der Waals surface area contributed by atoms with Crippen LogP contribution in [0, 0.1) is 0 Å². The van der Waals surface area contributed by atoms with Crippen LogP contribution in [0.4, 0.5) is 0 Å². The molecule has 0 saturated carbocycles. The number of ether oxygens (including phenoxy) is 2. The summed E-state index contributed by atoms with van der Waals surface area (Å²) in [6.07, 6.45) is 3.14. The Morgan fingerprint density at radius 3 is 2.08 bits per heavy atom. The third kappa shape index (κ3) is 4.84. The lowest BCUT2D eigenvalue weighted by Crippen LogP contribution is -2.03. The maximum absolute atomic E-state index is 12.0. The van der Waals surface area contributed by atoms with Gasteiger partial charge in [0.1, 0.15) is 11.5 Å². The number of benzene rings is 3. The zero-order valence-corrected chi connectivity index (χ0v) is 14.6. The predicted octanol–water partition coefficient (Wildman–Crippen LogP) is 5.37. The lowest BCUT2D eigenvalue weighted by Gasteiger charge is -2.04. The first-order valence-corrected chi connectivity index (χ1v) is 8.53. The Balaban J connectivity index is 1.59. The van der Waals surface area contributed by atoms with E-state index in [1.54, 1.807) is 18.2 Å². The van der Waals surface area contributed by atoms with Crippen molar-refractivity contribution in [1.29, 1.82) is 0 Å². The van der Waals surface area contributed by atoms with Gasteiger partial charge in [0.05, 0.1) is 6.61 Å². The van der Waals surface area contributed by atoms with Gasteiger partial charge in [0.25, 0.3) is 0 Å². The molecule has 0 aliphatic heterocycles. The van der Waals surface area contributed by atoms with Gasteiger partial charge in [0.2, 0.25) is 0 Å². The van der Waals surface area contributed by atoms with Gasteiger partial charge in [-0.15, -0.1) is 0 Å². The average molecular weight is 344 g/mol. The quantitative estimate of drug-likeness (QED) is 0.342. The maximum atomic E-state index is 12.0. The molecule has 0 heterocycles. The Bertz CT molecular complexity index is 864. The molecule has 0 aromatic heterocycles. The molecule has 0 fully saturated rings. The van der Waals surface area contributed by atoms with Crippen molar-refractivity contribution in [2.45, 2.75) is 6.92 Å². The molecule has 3 nitrogen and oxygen atoms in total. The molecule has 3 aromatic carbocycles. The SMILES string of the molecule is CCOc1ccc(C=CC(=O)Oc2ccc(-c3ccccc3)cc2)cc1. The summed E-state index contributed by atoms with van der Waals surface area (Å²) in [5.74, 6) is 0.920. The van der Waals surface area contributed by atoms with E-state index in [2.05, 4.69) is 0 Å². The van der Waals surface area contributed by atoms with Crippen LogP contribution in [-0.4, -0.2) is 12.6 Å². The summed E-state index contributed by atoms with van der Waals surface area (Å²) in [6.45, 7) is 2.57. The molecule has 0 unspecified atom stereocenters. The van der Waals surface area contributed by atoms with Crippen LogP contribution in [0.1, 0.15) is 12.5 Å². The van der Waals surface area contributed by atoms with Crippen LogP contribution in [0.25, 0.3) is 17.2 Å². The van der Waals surface area contributed by atoms with Crippen molar-refractivity contribution >= 4 is 12.0 Å². The van der Waals surface area contributed by atoms with Gasteiger partial charge in [-0.2, -0.15) is 0 Å². The highest BCUT2D eigenvalue weighted by atomic mass is 16.5. The summed E-state index contributed by atoms with van der Waals surface area (Å²) in [7, 11) is 0. The molecule has 0 N–H and O–H groups in total. The summed E-state index contributed by atoms with van der Waals surface area (Å²) in [4.78, 5) is 12.0. The zero-order valence-electron chi connectivity index (χ0n) is 14.6. The number of hydrogen-bond donors (Lipinski definition) is 0. The fraction of sp³-hybridized carbons (Fsp3) is 0.0870. The van der Waals surface area contributed by atoms with Crippen LogP contribution in [0.2, 0.25) is 0 Å². The minimum Gasteiger partial charge on any atom is -0.494 e. The van der Waals surface area contributed by atoms with Crippen LogP contribution in [-0.2, 0) is 4.79 Å². The van der Waals surface area contributed by atoms with Crippen LogP contribution in [0.5, 0.6) is 11.5 Å². The molecule has 0 radical (unpaired) electrons. The molecule has 26 heavy (non-hydrogen) atoms. The first-order chi connectivity index (χ1) is 12.7. The first kappa shape index (κ1) is 17.5. The van der Waals surface area contributed by atoms with E-state index in [0.29, 0.717) is 12.4 Å². The van der Waals surface area contributed by atoms with Gasteiger partial charge in [-0.05, 0) is 54.0 Å². The maximum Gasteiger partial charge on any atom is 0.336 e. The number of rotatable bonds is 6. The fourth-order valence-electron chi connectivity index (χ4n) is 2.50. The molecular formula is C23H20O3. The van der Waals surface area contributed by atoms with Gasteiger partial charge in [-0.25, -0.2) is 4.79 Å². The van der Waals surface area contributed by atoms with E-state index in [1.165, 1.54) is 6.08 Å². The summed E-state index contributed by atoms with van der Waals surface area (Å²) < 4.78 is 10.7. The van der Waals surface area contributed by atoms with Crippen LogP contribution in [0.3, 0.4) is 0 Å². The molecule has 3 aromatic rings. The largest absolute Gasteiger partial charge is 0.494 e. The van der Waals surface area contributed by atoms with E-state index in [4.69, 9.17) is 9.47 Å². The summed E-state index contributed by atoms with van der Waals surface area (Å²) in [5.41, 5.74) is 3.11. The Morgan fingerprint density at radius 1 is 0.808 bits per heavy atom. The summed E-state index contributed by atoms with van der Waals surface area (Å²) in [6, 6.07) is 25.1. The number of esters is 1. The van der Waals surface area contributed by atoms with Gasteiger partial charge in [0, 0.05) is 6.08 Å². The van der Waals surface area contributed by atoms with E-state index < -0.39 is 5.97 Å². The normalized spacial score (nSPS) is 10.7. The minimum absolute atomic E-state index is 0.411. The van der Waals surface area contributed by atoms with Gasteiger partial charge in [-0.3, -0.25) is 0 Å². The van der Waals surface area contributed by atoms with Crippen molar-refractivity contribution in [2.24, 2.45) is 0 Å². The molecule has 0 atom stereocenters. The molecule has 0 aliphatic carbocycles. The highest BCUT2D eigenvalue weighted by molar-refractivity contribution is 5.88. The number of carbonyl (C=O) groups excluding carboxylic acids is 1. The van der Waals surface area contributed by atoms with E-state index in [9.17, 15) is 4.79 Å². The average Bonchev–Trinajstić information content (AvgIpc) is 2.69. The van der Waals surface area contributed by atoms with Crippen LogP contribution in [0.15, 0.2) is 84.9 Å². The third-order valence-electron chi connectivity index (χ3n) is 3.78. The molecule has 130 valence electrons. The zero-order chi connectivity index (χ0) is 18.2. The van der Waals surface area contributed by atoms with E-state index >= 15 is 0 Å². The molecule has 0 aliphatic rings. The van der Waals surface area contributed by atoms with Crippen molar-refractivity contribution in [1.82, 2.24) is 0 Å². The Morgan fingerprint density at radius 2 is 1.42 bits per heavy atom. The van der Waals surface area contributed by atoms with Crippen molar-refractivity contribution in [3.8, 4) is 22.6 Å². The van der Waals surface area contributed by atoms with E-state index in [0.717, 1.165) is 22.4 Å². The Labute approximate surface area is 153 Å².